The molecular formula is C21H32O4. The lowest BCUT2D eigenvalue weighted by Gasteiger charge is -2.62. The van der Waals surface area contributed by atoms with Crippen molar-refractivity contribution < 1.29 is 19.8 Å². The van der Waals surface area contributed by atoms with Crippen molar-refractivity contribution in [1.82, 2.24) is 0 Å². The molecule has 0 amide bonds. The summed E-state index contributed by atoms with van der Waals surface area (Å²) in [5.74, 6) is 0.952. The molecule has 2 N–H and O–H groups in total. The van der Waals surface area contributed by atoms with Crippen LogP contribution in [0, 0.1) is 46.3 Å². The number of aliphatic hydroxyl groups is 1. The van der Waals surface area contributed by atoms with Crippen LogP contribution in [-0.4, -0.2) is 28.6 Å². The van der Waals surface area contributed by atoms with Gasteiger partial charge >= 0.3 is 5.97 Å². The van der Waals surface area contributed by atoms with E-state index in [1.165, 1.54) is 6.29 Å². The van der Waals surface area contributed by atoms with Crippen molar-refractivity contribution in [3.8, 4) is 0 Å². The molecule has 4 aliphatic rings. The van der Waals surface area contributed by atoms with Crippen LogP contribution in [0.4, 0.5) is 0 Å². The van der Waals surface area contributed by atoms with Gasteiger partial charge in [0.2, 0.25) is 0 Å². The molecular weight excluding hydrogens is 316 g/mol. The maximum absolute atomic E-state index is 11.6. The van der Waals surface area contributed by atoms with Gasteiger partial charge < -0.3 is 15.0 Å². The van der Waals surface area contributed by atoms with E-state index in [0.29, 0.717) is 24.2 Å². The highest BCUT2D eigenvalue weighted by atomic mass is 16.4. The van der Waals surface area contributed by atoms with Gasteiger partial charge in [-0.15, -0.1) is 0 Å². The highest BCUT2D eigenvalue weighted by Gasteiger charge is 2.62. The van der Waals surface area contributed by atoms with Crippen LogP contribution in [0.1, 0.15) is 65.2 Å². The first-order valence-electron chi connectivity index (χ1n) is 10.2. The lowest BCUT2D eigenvalue weighted by molar-refractivity contribution is -0.172. The highest BCUT2D eigenvalue weighted by Crippen LogP contribution is 2.67. The van der Waals surface area contributed by atoms with E-state index in [4.69, 9.17) is 0 Å². The van der Waals surface area contributed by atoms with Crippen LogP contribution in [-0.2, 0) is 9.59 Å². The molecule has 0 aliphatic heterocycles. The average molecular weight is 348 g/mol. The number of fused-ring (bicyclic) bond motifs is 5. The van der Waals surface area contributed by atoms with E-state index in [0.717, 1.165) is 44.9 Å². The third kappa shape index (κ3) is 2.35. The predicted molar refractivity (Wildman–Crippen MR) is 93.8 cm³/mol. The second-order valence-corrected chi connectivity index (χ2v) is 9.97. The Morgan fingerprint density at radius 3 is 2.32 bits per heavy atom. The van der Waals surface area contributed by atoms with Gasteiger partial charge in [-0.2, -0.15) is 0 Å². The normalized spacial score (nSPS) is 54.9. The molecule has 4 aliphatic carbocycles. The van der Waals surface area contributed by atoms with E-state index >= 15 is 0 Å². The summed E-state index contributed by atoms with van der Waals surface area (Å²) < 4.78 is 0. The number of aldehydes is 1. The van der Waals surface area contributed by atoms with Crippen LogP contribution in [0.15, 0.2) is 0 Å². The number of carbonyl (C=O) groups excluding carboxylic acids is 1. The topological polar surface area (TPSA) is 74.6 Å². The van der Waals surface area contributed by atoms with Gasteiger partial charge in [0, 0.05) is 5.92 Å². The molecule has 4 nitrogen and oxygen atoms in total. The van der Waals surface area contributed by atoms with Crippen LogP contribution in [0.2, 0.25) is 0 Å². The fraction of sp³-hybridized carbons (Fsp3) is 0.905. The highest BCUT2D eigenvalue weighted by molar-refractivity contribution is 5.70. The summed E-state index contributed by atoms with van der Waals surface area (Å²) in [5, 5.41) is 20.4. The third-order valence-electron chi connectivity index (χ3n) is 9.27. The van der Waals surface area contributed by atoms with E-state index in [1.54, 1.807) is 0 Å². The van der Waals surface area contributed by atoms with Gasteiger partial charge in [-0.25, -0.2) is 0 Å². The van der Waals surface area contributed by atoms with Gasteiger partial charge in [-0.05, 0) is 85.9 Å². The number of carboxylic acid groups (broad SMARTS) is 1. The van der Waals surface area contributed by atoms with Gasteiger partial charge in [0.25, 0.3) is 0 Å². The van der Waals surface area contributed by atoms with Gasteiger partial charge in [-0.1, -0.05) is 13.8 Å². The number of aliphatic carboxylic acids is 1. The Bertz CT molecular complexity index is 574. The molecule has 25 heavy (non-hydrogen) atoms. The molecule has 0 heterocycles. The second-order valence-electron chi connectivity index (χ2n) is 9.97. The molecule has 4 saturated carbocycles. The Kier molecular flexibility index (Phi) is 4.06. The van der Waals surface area contributed by atoms with Crippen molar-refractivity contribution in [1.29, 1.82) is 0 Å². The number of carbonyl (C=O) groups is 2. The van der Waals surface area contributed by atoms with Crippen LogP contribution in [0.3, 0.4) is 0 Å². The first-order valence-corrected chi connectivity index (χ1v) is 10.2. The maximum atomic E-state index is 11.6. The molecule has 0 aromatic carbocycles. The third-order valence-corrected chi connectivity index (χ3v) is 9.27. The van der Waals surface area contributed by atoms with Gasteiger partial charge in [0.05, 0.1) is 12.0 Å². The monoisotopic (exact) mass is 348 g/mol. The number of aliphatic hydroxyl groups excluding tert-OH is 1. The first kappa shape index (κ1) is 17.5. The van der Waals surface area contributed by atoms with E-state index < -0.39 is 5.97 Å². The second kappa shape index (κ2) is 5.80. The Morgan fingerprint density at radius 1 is 0.960 bits per heavy atom. The molecule has 9 unspecified atom stereocenters. The van der Waals surface area contributed by atoms with Crippen molar-refractivity contribution in [2.45, 2.75) is 71.3 Å². The average Bonchev–Trinajstić information content (AvgIpc) is 2.91. The minimum Gasteiger partial charge on any atom is -0.481 e. The smallest absolute Gasteiger partial charge is 0.306 e. The van der Waals surface area contributed by atoms with E-state index in [9.17, 15) is 19.8 Å². The van der Waals surface area contributed by atoms with E-state index in [2.05, 4.69) is 13.8 Å². The summed E-state index contributed by atoms with van der Waals surface area (Å²) in [6, 6.07) is 0. The van der Waals surface area contributed by atoms with Crippen molar-refractivity contribution in [3.05, 3.63) is 0 Å². The van der Waals surface area contributed by atoms with Crippen molar-refractivity contribution in [2.24, 2.45) is 46.3 Å². The molecule has 0 spiro atoms. The molecule has 4 heteroatoms. The Labute approximate surface area is 150 Å². The first-order chi connectivity index (χ1) is 11.8. The number of rotatable bonds is 2. The Morgan fingerprint density at radius 2 is 1.64 bits per heavy atom. The lowest BCUT2D eigenvalue weighted by Crippen LogP contribution is -2.58. The molecule has 4 rings (SSSR count). The molecule has 0 saturated heterocycles. The number of hydrogen-bond acceptors (Lipinski definition) is 3. The fourth-order valence-electron chi connectivity index (χ4n) is 7.79. The standard InChI is InChI=1S/C21H32O4/c1-20-8-6-16-14(15(20)4-3-13(20)11-22)10-18(23)17-9-12(19(24)25)5-7-21(16,17)2/h11-18,23H,3-10H2,1-2H3,(H,24,25). The van der Waals surface area contributed by atoms with Crippen molar-refractivity contribution >= 4 is 12.3 Å². The summed E-state index contributed by atoms with van der Waals surface area (Å²) in [4.78, 5) is 23.0. The van der Waals surface area contributed by atoms with Crippen LogP contribution in [0.25, 0.3) is 0 Å². The van der Waals surface area contributed by atoms with Crippen molar-refractivity contribution in [2.75, 3.05) is 0 Å². The molecule has 9 atom stereocenters. The van der Waals surface area contributed by atoms with Crippen LogP contribution >= 0.6 is 0 Å². The van der Waals surface area contributed by atoms with E-state index in [-0.39, 0.29) is 34.7 Å². The molecule has 0 aromatic heterocycles. The fourth-order valence-corrected chi connectivity index (χ4v) is 7.79. The van der Waals surface area contributed by atoms with Crippen LogP contribution in [0.5, 0.6) is 0 Å². The number of carboxylic acids is 1. The van der Waals surface area contributed by atoms with Gasteiger partial charge in [0.1, 0.15) is 6.29 Å². The maximum Gasteiger partial charge on any atom is 0.306 e. The largest absolute Gasteiger partial charge is 0.481 e. The Hall–Kier alpha value is -0.900. The molecule has 140 valence electrons. The zero-order valence-electron chi connectivity index (χ0n) is 15.5. The summed E-state index contributed by atoms with van der Waals surface area (Å²) in [5.41, 5.74) is 0.180. The summed E-state index contributed by atoms with van der Waals surface area (Å²) in [7, 11) is 0. The quantitative estimate of drug-likeness (QED) is 0.749. The summed E-state index contributed by atoms with van der Waals surface area (Å²) in [6.45, 7) is 4.63. The SMILES string of the molecule is CC12CCC3C(CC(O)C4CC(C(=O)O)CCC43C)C1CCC2C=O. The molecule has 4 fully saturated rings. The number of hydrogen-bond donors (Lipinski definition) is 2. The summed E-state index contributed by atoms with van der Waals surface area (Å²) in [6.07, 6.45) is 8.29. The predicted octanol–water partition coefficient (Wildman–Crippen LogP) is 3.52. The zero-order chi connectivity index (χ0) is 18.0. The van der Waals surface area contributed by atoms with Crippen LogP contribution < -0.4 is 0 Å². The molecule has 0 aromatic rings. The molecule has 0 bridgehead atoms. The minimum absolute atomic E-state index is 0.0644. The van der Waals surface area contributed by atoms with E-state index in [1.807, 2.05) is 0 Å². The molecule has 0 radical (unpaired) electrons. The lowest BCUT2D eigenvalue weighted by atomic mass is 9.43. The van der Waals surface area contributed by atoms with Gasteiger partial charge in [-0.3, -0.25) is 4.79 Å². The summed E-state index contributed by atoms with van der Waals surface area (Å²) >= 11 is 0. The Balaban J connectivity index is 1.63. The van der Waals surface area contributed by atoms with Crippen molar-refractivity contribution in [3.63, 3.8) is 0 Å². The zero-order valence-corrected chi connectivity index (χ0v) is 15.5. The minimum atomic E-state index is -0.697. The van der Waals surface area contributed by atoms with Gasteiger partial charge in [0.15, 0.2) is 0 Å².